The van der Waals surface area contributed by atoms with Crippen molar-refractivity contribution in [3.8, 4) is 11.5 Å². The Hall–Kier alpha value is -3.07. The van der Waals surface area contributed by atoms with E-state index in [-0.39, 0.29) is 5.57 Å². The molecule has 0 unspecified atom stereocenters. The van der Waals surface area contributed by atoms with Gasteiger partial charge in [0, 0.05) is 12.3 Å². The quantitative estimate of drug-likeness (QED) is 0.152. The van der Waals surface area contributed by atoms with Crippen LogP contribution in [-0.4, -0.2) is 24.8 Å². The molecule has 1 fully saturated rings. The smallest absolute Gasteiger partial charge is 0.348 e. The van der Waals surface area contributed by atoms with Gasteiger partial charge in [-0.25, -0.2) is 9.59 Å². The van der Waals surface area contributed by atoms with Gasteiger partial charge in [-0.15, -0.1) is 0 Å². The number of fused-ring (bicyclic) bond motifs is 1. The van der Waals surface area contributed by atoms with Gasteiger partial charge in [0.15, 0.2) is 11.5 Å². The van der Waals surface area contributed by atoms with E-state index in [2.05, 4.69) is 40.8 Å². The molecule has 0 amide bonds. The lowest BCUT2D eigenvalue weighted by atomic mass is 9.85. The van der Waals surface area contributed by atoms with Gasteiger partial charge in [0.25, 0.3) is 5.79 Å². The summed E-state index contributed by atoms with van der Waals surface area (Å²) < 4.78 is 23.5. The molecule has 0 aromatic heterocycles. The molecule has 1 saturated heterocycles. The van der Waals surface area contributed by atoms with E-state index in [0.717, 1.165) is 19.9 Å². The van der Waals surface area contributed by atoms with Crippen LogP contribution in [0.15, 0.2) is 60.2 Å². The molecule has 0 N–H and O–H groups in total. The van der Waals surface area contributed by atoms with Crippen molar-refractivity contribution < 1.29 is 28.5 Å². The van der Waals surface area contributed by atoms with Crippen LogP contribution in [0.1, 0.15) is 38.8 Å². The second-order valence-corrected chi connectivity index (χ2v) is 10.7. The standard InChI is InChI=1S/C28H27IO6/c1-27(2,3)28(4)34-25(30)21(26(31)35-28)13-17-14-22(29)24(23(15-17)32-5)33-16-19-11-8-10-18-9-6-7-12-20(18)19/h6-15H,16H2,1-5H3. The molecule has 0 saturated carbocycles. The van der Waals surface area contributed by atoms with Crippen LogP contribution in [0.5, 0.6) is 11.5 Å². The summed E-state index contributed by atoms with van der Waals surface area (Å²) in [5, 5.41) is 2.27. The summed E-state index contributed by atoms with van der Waals surface area (Å²) in [6, 6.07) is 17.8. The molecule has 0 bridgehead atoms. The van der Waals surface area contributed by atoms with E-state index in [9.17, 15) is 9.59 Å². The molecule has 3 aromatic carbocycles. The van der Waals surface area contributed by atoms with Gasteiger partial charge in [-0.3, -0.25) is 0 Å². The molecule has 4 rings (SSSR count). The predicted octanol–water partition coefficient (Wildman–Crippen LogP) is 6.28. The lowest BCUT2D eigenvalue weighted by molar-refractivity contribution is -0.261. The Bertz CT molecular complexity index is 1310. The van der Waals surface area contributed by atoms with E-state index in [1.807, 2.05) is 51.1 Å². The number of ether oxygens (including phenoxy) is 4. The number of rotatable bonds is 5. The Kier molecular flexibility index (Phi) is 6.81. The number of esters is 2. The molecule has 1 heterocycles. The number of halogens is 1. The average molecular weight is 586 g/mol. The monoisotopic (exact) mass is 586 g/mol. The number of benzene rings is 3. The second-order valence-electron chi connectivity index (χ2n) is 9.49. The molecule has 7 heteroatoms. The minimum atomic E-state index is -1.34. The van der Waals surface area contributed by atoms with Gasteiger partial charge in [0.05, 0.1) is 10.7 Å². The molecule has 3 aromatic rings. The molecule has 182 valence electrons. The van der Waals surface area contributed by atoms with Crippen molar-refractivity contribution in [3.63, 3.8) is 0 Å². The lowest BCUT2D eigenvalue weighted by Gasteiger charge is -2.42. The van der Waals surface area contributed by atoms with Crippen molar-refractivity contribution in [2.24, 2.45) is 5.41 Å². The maximum Gasteiger partial charge on any atom is 0.348 e. The summed E-state index contributed by atoms with van der Waals surface area (Å²) in [6.07, 6.45) is 1.45. The summed E-state index contributed by atoms with van der Waals surface area (Å²) in [4.78, 5) is 25.4. The Morgan fingerprint density at radius 2 is 1.66 bits per heavy atom. The SMILES string of the molecule is COc1cc(C=C2C(=O)OC(C)(C(C)(C)C)OC2=O)cc(I)c1OCc1cccc2ccccc12. The van der Waals surface area contributed by atoms with Gasteiger partial charge in [-0.1, -0.05) is 63.2 Å². The number of hydrogen-bond acceptors (Lipinski definition) is 6. The van der Waals surface area contributed by atoms with Crippen LogP contribution in [0.2, 0.25) is 0 Å². The highest BCUT2D eigenvalue weighted by atomic mass is 127. The molecule has 0 radical (unpaired) electrons. The van der Waals surface area contributed by atoms with Crippen molar-refractivity contribution in [2.75, 3.05) is 7.11 Å². The largest absolute Gasteiger partial charge is 0.493 e. The fourth-order valence-corrected chi connectivity index (χ4v) is 4.47. The average Bonchev–Trinajstić information content (AvgIpc) is 2.79. The van der Waals surface area contributed by atoms with E-state index >= 15 is 0 Å². The third-order valence-corrected chi connectivity index (χ3v) is 6.99. The van der Waals surface area contributed by atoms with Gasteiger partial charge in [-0.2, -0.15) is 0 Å². The molecule has 1 aliphatic heterocycles. The Balaban J connectivity index is 1.60. The minimum absolute atomic E-state index is 0.172. The third kappa shape index (κ3) is 5.00. The second kappa shape index (κ2) is 9.53. The zero-order valence-corrected chi connectivity index (χ0v) is 22.5. The number of methoxy groups -OCH3 is 1. The van der Waals surface area contributed by atoms with Crippen molar-refractivity contribution in [2.45, 2.75) is 40.1 Å². The van der Waals surface area contributed by atoms with E-state index in [1.165, 1.54) is 6.08 Å². The third-order valence-electron chi connectivity index (χ3n) is 6.19. The maximum atomic E-state index is 12.7. The first-order valence-corrected chi connectivity index (χ1v) is 12.3. The van der Waals surface area contributed by atoms with Gasteiger partial charge in [0.2, 0.25) is 0 Å². The molecular weight excluding hydrogens is 559 g/mol. The van der Waals surface area contributed by atoms with Crippen LogP contribution in [0.4, 0.5) is 0 Å². The summed E-state index contributed by atoms with van der Waals surface area (Å²) >= 11 is 2.15. The van der Waals surface area contributed by atoms with Gasteiger partial charge >= 0.3 is 11.9 Å². The number of carbonyl (C=O) groups is 2. The predicted molar refractivity (Wildman–Crippen MR) is 142 cm³/mol. The lowest BCUT2D eigenvalue weighted by Crippen LogP contribution is -2.52. The Morgan fingerprint density at radius 1 is 1.00 bits per heavy atom. The highest BCUT2D eigenvalue weighted by Crippen LogP contribution is 2.40. The van der Waals surface area contributed by atoms with Crippen molar-refractivity contribution in [1.29, 1.82) is 0 Å². The molecule has 1 aliphatic rings. The van der Waals surface area contributed by atoms with E-state index in [1.54, 1.807) is 20.1 Å². The number of carbonyl (C=O) groups excluding carboxylic acids is 2. The Labute approximate surface area is 218 Å². The van der Waals surface area contributed by atoms with Crippen molar-refractivity contribution in [3.05, 3.63) is 74.9 Å². The molecule has 0 atom stereocenters. The highest BCUT2D eigenvalue weighted by Gasteiger charge is 2.50. The van der Waals surface area contributed by atoms with E-state index < -0.39 is 23.1 Å². The maximum absolute atomic E-state index is 12.7. The summed E-state index contributed by atoms with van der Waals surface area (Å²) in [6.45, 7) is 7.47. The van der Waals surface area contributed by atoms with E-state index in [0.29, 0.717) is 23.7 Å². The molecular formula is C28H27IO6. The van der Waals surface area contributed by atoms with Crippen LogP contribution in [-0.2, 0) is 25.7 Å². The van der Waals surface area contributed by atoms with Gasteiger partial charge in [0.1, 0.15) is 12.2 Å². The zero-order valence-electron chi connectivity index (χ0n) is 20.3. The van der Waals surface area contributed by atoms with E-state index in [4.69, 9.17) is 18.9 Å². The number of cyclic esters (lactones) is 2. The topological polar surface area (TPSA) is 71.1 Å². The summed E-state index contributed by atoms with van der Waals surface area (Å²) in [5.41, 5.74) is 0.897. The number of hydrogen-bond donors (Lipinski definition) is 0. The molecule has 35 heavy (non-hydrogen) atoms. The summed E-state index contributed by atoms with van der Waals surface area (Å²) in [7, 11) is 1.55. The summed E-state index contributed by atoms with van der Waals surface area (Å²) in [5.74, 6) is -1.71. The fraction of sp³-hybridized carbons (Fsp3) is 0.286. The van der Waals surface area contributed by atoms with Crippen LogP contribution < -0.4 is 9.47 Å². The molecule has 6 nitrogen and oxygen atoms in total. The normalized spacial score (nSPS) is 18.2. The first-order valence-electron chi connectivity index (χ1n) is 11.2. The molecule has 0 aliphatic carbocycles. The van der Waals surface area contributed by atoms with Crippen molar-refractivity contribution in [1.82, 2.24) is 0 Å². The molecule has 0 spiro atoms. The minimum Gasteiger partial charge on any atom is -0.493 e. The van der Waals surface area contributed by atoms with Crippen LogP contribution in [0.25, 0.3) is 16.8 Å². The van der Waals surface area contributed by atoms with Gasteiger partial charge in [-0.05, 0) is 62.7 Å². The van der Waals surface area contributed by atoms with Crippen LogP contribution in [0, 0.1) is 8.99 Å². The first kappa shape index (κ1) is 25.0. The van der Waals surface area contributed by atoms with Crippen LogP contribution in [0.3, 0.4) is 0 Å². The van der Waals surface area contributed by atoms with Crippen LogP contribution >= 0.6 is 22.6 Å². The van der Waals surface area contributed by atoms with Gasteiger partial charge < -0.3 is 18.9 Å². The fourth-order valence-electron chi connectivity index (χ4n) is 3.69. The Morgan fingerprint density at radius 3 is 2.31 bits per heavy atom. The zero-order chi connectivity index (χ0) is 25.4. The highest BCUT2D eigenvalue weighted by molar-refractivity contribution is 14.1. The first-order chi connectivity index (χ1) is 16.5. The van der Waals surface area contributed by atoms with Crippen molar-refractivity contribution >= 4 is 51.4 Å².